The van der Waals surface area contributed by atoms with Crippen LogP contribution in [0.1, 0.15) is 37.6 Å². The van der Waals surface area contributed by atoms with E-state index in [0.717, 1.165) is 4.47 Å². The van der Waals surface area contributed by atoms with Crippen molar-refractivity contribution in [3.63, 3.8) is 0 Å². The van der Waals surface area contributed by atoms with Crippen molar-refractivity contribution in [3.05, 3.63) is 28.5 Å². The van der Waals surface area contributed by atoms with Gasteiger partial charge in [0.15, 0.2) is 9.84 Å². The molecule has 1 atom stereocenters. The summed E-state index contributed by atoms with van der Waals surface area (Å²) in [6.07, 6.45) is 3.60. The minimum Gasteiger partial charge on any atom is -0.337 e. The van der Waals surface area contributed by atoms with Crippen LogP contribution in [0, 0.1) is 0 Å². The maximum absolute atomic E-state index is 12.5. The number of carbonyl (C=O) groups is 1. The Kier molecular flexibility index (Phi) is 4.44. The number of hydrogen-bond acceptors (Lipinski definition) is 4. The van der Waals surface area contributed by atoms with Gasteiger partial charge in [-0.25, -0.2) is 8.42 Å². The lowest BCUT2D eigenvalue weighted by atomic mass is 10.2. The first-order valence-corrected chi connectivity index (χ1v) is 9.10. The van der Waals surface area contributed by atoms with E-state index in [0.29, 0.717) is 18.5 Å². The van der Waals surface area contributed by atoms with E-state index in [9.17, 15) is 13.2 Å². The molecule has 2 rings (SSSR count). The first-order valence-electron chi connectivity index (χ1n) is 6.76. The van der Waals surface area contributed by atoms with Gasteiger partial charge >= 0.3 is 0 Å². The van der Waals surface area contributed by atoms with Gasteiger partial charge < -0.3 is 4.90 Å². The third-order valence-corrected chi connectivity index (χ3v) is 7.08. The van der Waals surface area contributed by atoms with Crippen LogP contribution < -0.4 is 0 Å². The Balaban J connectivity index is 2.15. The van der Waals surface area contributed by atoms with Crippen molar-refractivity contribution >= 4 is 31.7 Å². The summed E-state index contributed by atoms with van der Waals surface area (Å²) in [5.41, 5.74) is 0.471. The van der Waals surface area contributed by atoms with Crippen LogP contribution in [0.3, 0.4) is 0 Å². The zero-order valence-electron chi connectivity index (χ0n) is 12.3. The number of sulfone groups is 1. The Morgan fingerprint density at radius 3 is 2.62 bits per heavy atom. The minimum absolute atomic E-state index is 0.171. The largest absolute Gasteiger partial charge is 0.337 e. The maximum atomic E-state index is 12.5. The number of carbonyl (C=O) groups excluding carboxylic acids is 1. The third kappa shape index (κ3) is 3.29. The molecule has 116 valence electrons. The summed E-state index contributed by atoms with van der Waals surface area (Å²) in [4.78, 5) is 18.0. The van der Waals surface area contributed by atoms with Crippen LogP contribution in [-0.4, -0.2) is 47.3 Å². The van der Waals surface area contributed by atoms with E-state index in [2.05, 4.69) is 20.9 Å². The van der Waals surface area contributed by atoms with Crippen molar-refractivity contribution in [2.75, 3.05) is 13.1 Å². The summed E-state index contributed by atoms with van der Waals surface area (Å²) >= 11 is 3.28. The van der Waals surface area contributed by atoms with E-state index in [4.69, 9.17) is 0 Å². The van der Waals surface area contributed by atoms with Crippen molar-refractivity contribution in [2.24, 2.45) is 0 Å². The van der Waals surface area contributed by atoms with Gasteiger partial charge in [-0.2, -0.15) is 0 Å². The number of nitrogens with zero attached hydrogens (tertiary/aromatic N) is 2. The van der Waals surface area contributed by atoms with Gasteiger partial charge in [0.05, 0.1) is 15.6 Å². The van der Waals surface area contributed by atoms with Crippen LogP contribution in [0.15, 0.2) is 22.9 Å². The van der Waals surface area contributed by atoms with Gasteiger partial charge in [-0.15, -0.1) is 0 Å². The lowest BCUT2D eigenvalue weighted by molar-refractivity contribution is 0.0792. The summed E-state index contributed by atoms with van der Waals surface area (Å²) in [6, 6.07) is 1.70. The molecule has 0 unspecified atom stereocenters. The molecule has 2 heterocycles. The molecular weight excluding hydrogens is 356 g/mol. The Bertz CT molecular complexity index is 652. The summed E-state index contributed by atoms with van der Waals surface area (Å²) < 4.78 is 24.8. The van der Waals surface area contributed by atoms with Gasteiger partial charge in [0.1, 0.15) is 0 Å². The number of likely N-dealkylation sites (tertiary alicyclic amines) is 1. The van der Waals surface area contributed by atoms with Crippen molar-refractivity contribution < 1.29 is 13.2 Å². The quantitative estimate of drug-likeness (QED) is 0.796. The number of hydrogen-bond donors (Lipinski definition) is 0. The van der Waals surface area contributed by atoms with E-state index in [1.807, 2.05) is 0 Å². The molecule has 0 spiro atoms. The number of amides is 1. The van der Waals surface area contributed by atoms with E-state index < -0.39 is 19.8 Å². The van der Waals surface area contributed by atoms with Crippen LogP contribution in [0.25, 0.3) is 0 Å². The summed E-state index contributed by atoms with van der Waals surface area (Å²) in [6.45, 7) is 5.82. The predicted molar refractivity (Wildman–Crippen MR) is 84.9 cm³/mol. The van der Waals surface area contributed by atoms with E-state index in [-0.39, 0.29) is 12.5 Å². The molecule has 0 bridgehead atoms. The van der Waals surface area contributed by atoms with Crippen molar-refractivity contribution in [1.29, 1.82) is 0 Å². The predicted octanol–water partition coefficient (Wildman–Crippen LogP) is 2.27. The lowest BCUT2D eigenvalue weighted by Crippen LogP contribution is -2.39. The molecule has 0 aliphatic carbocycles. The average molecular weight is 375 g/mol. The smallest absolute Gasteiger partial charge is 0.255 e. The number of rotatable bonds is 2. The van der Waals surface area contributed by atoms with Crippen molar-refractivity contribution in [2.45, 2.75) is 37.2 Å². The lowest BCUT2D eigenvalue weighted by Gasteiger charge is -2.24. The topological polar surface area (TPSA) is 67.3 Å². The molecule has 7 heteroatoms. The number of pyridine rings is 1. The fourth-order valence-electron chi connectivity index (χ4n) is 2.38. The van der Waals surface area contributed by atoms with E-state index in [1.54, 1.807) is 37.9 Å². The third-order valence-electron chi connectivity index (χ3n) is 3.68. The summed E-state index contributed by atoms with van der Waals surface area (Å²) in [5.74, 6) is -0.171. The Hall–Kier alpha value is -0.950. The molecule has 1 amide bonds. The van der Waals surface area contributed by atoms with Crippen LogP contribution in [0.4, 0.5) is 0 Å². The molecule has 1 fully saturated rings. The van der Waals surface area contributed by atoms with Gasteiger partial charge in [0, 0.05) is 30.0 Å². The highest BCUT2D eigenvalue weighted by Crippen LogP contribution is 2.28. The molecule has 1 aliphatic rings. The second-order valence-electron chi connectivity index (χ2n) is 6.21. The van der Waals surface area contributed by atoms with Crippen LogP contribution in [-0.2, 0) is 9.84 Å². The number of halogens is 1. The molecule has 5 nitrogen and oxygen atoms in total. The van der Waals surface area contributed by atoms with Gasteiger partial charge in [0.2, 0.25) is 0 Å². The fraction of sp³-hybridized carbons (Fsp3) is 0.571. The molecule has 1 aromatic rings. The van der Waals surface area contributed by atoms with E-state index in [1.165, 1.54) is 6.20 Å². The monoisotopic (exact) mass is 374 g/mol. The molecule has 0 aromatic carbocycles. The average Bonchev–Trinajstić information content (AvgIpc) is 2.86. The zero-order chi connectivity index (χ0) is 15.8. The highest BCUT2D eigenvalue weighted by Gasteiger charge is 2.41. The first kappa shape index (κ1) is 16.4. The fourth-order valence-corrected chi connectivity index (χ4v) is 4.53. The molecular formula is C14H19BrN2O3S. The molecule has 1 aromatic heterocycles. The second-order valence-corrected chi connectivity index (χ2v) is 10.1. The Labute approximate surface area is 133 Å². The highest BCUT2D eigenvalue weighted by atomic mass is 79.9. The second kappa shape index (κ2) is 5.68. The Morgan fingerprint density at radius 1 is 1.38 bits per heavy atom. The molecule has 0 saturated carbocycles. The van der Waals surface area contributed by atoms with Gasteiger partial charge in [-0.05, 0) is 49.2 Å². The number of aromatic nitrogens is 1. The van der Waals surface area contributed by atoms with E-state index >= 15 is 0 Å². The van der Waals surface area contributed by atoms with Crippen LogP contribution in [0.5, 0.6) is 0 Å². The van der Waals surface area contributed by atoms with Gasteiger partial charge in [0.25, 0.3) is 5.91 Å². The molecule has 0 N–H and O–H groups in total. The minimum atomic E-state index is -3.25. The van der Waals surface area contributed by atoms with Crippen molar-refractivity contribution in [1.82, 2.24) is 9.88 Å². The highest BCUT2D eigenvalue weighted by molar-refractivity contribution is 9.10. The first-order chi connectivity index (χ1) is 9.63. The summed E-state index contributed by atoms with van der Waals surface area (Å²) in [7, 11) is -3.25. The normalized spacial score (nSPS) is 19.8. The molecule has 0 radical (unpaired) electrons. The molecule has 1 aliphatic heterocycles. The van der Waals surface area contributed by atoms with Gasteiger partial charge in [-0.1, -0.05) is 0 Å². The zero-order valence-corrected chi connectivity index (χ0v) is 14.7. The molecule has 1 saturated heterocycles. The standard InChI is InChI=1S/C14H19BrN2O3S/c1-14(2,3)21(19,20)12-4-5-17(9-12)13(18)10-6-11(15)8-16-7-10/h6-8,12H,4-5,9H2,1-3H3/t12-/m1/s1. The van der Waals surface area contributed by atoms with Crippen LogP contribution >= 0.6 is 15.9 Å². The summed E-state index contributed by atoms with van der Waals surface area (Å²) in [5, 5.41) is -0.485. The van der Waals surface area contributed by atoms with Gasteiger partial charge in [-0.3, -0.25) is 9.78 Å². The Morgan fingerprint density at radius 2 is 2.05 bits per heavy atom. The van der Waals surface area contributed by atoms with Crippen LogP contribution in [0.2, 0.25) is 0 Å². The maximum Gasteiger partial charge on any atom is 0.255 e. The van der Waals surface area contributed by atoms with Crippen molar-refractivity contribution in [3.8, 4) is 0 Å². The SMILES string of the molecule is CC(C)(C)S(=O)(=O)[C@@H]1CCN(C(=O)c2cncc(Br)c2)C1. The molecule has 21 heavy (non-hydrogen) atoms.